The number of carbonyl (C=O) groups excluding carboxylic acids is 1. The number of aliphatic imine (C=N–C) groups is 1. The van der Waals surface area contributed by atoms with Crippen molar-refractivity contribution in [3.63, 3.8) is 0 Å². The van der Waals surface area contributed by atoms with Gasteiger partial charge in [0.2, 0.25) is 5.96 Å². The van der Waals surface area contributed by atoms with Crippen LogP contribution in [-0.2, 0) is 4.74 Å². The van der Waals surface area contributed by atoms with Gasteiger partial charge in [0.15, 0.2) is 0 Å². The van der Waals surface area contributed by atoms with Gasteiger partial charge in [-0.3, -0.25) is 10.1 Å². The van der Waals surface area contributed by atoms with E-state index in [4.69, 9.17) is 21.1 Å². The van der Waals surface area contributed by atoms with Crippen LogP contribution in [0.25, 0.3) is 0 Å². The minimum Gasteiger partial charge on any atom is -0.495 e. The summed E-state index contributed by atoms with van der Waals surface area (Å²) in [5.41, 5.74) is 1.25. The van der Waals surface area contributed by atoms with Gasteiger partial charge in [0.1, 0.15) is 5.75 Å². The van der Waals surface area contributed by atoms with Crippen molar-refractivity contribution in [2.45, 2.75) is 18.9 Å². The van der Waals surface area contributed by atoms with Gasteiger partial charge in [0, 0.05) is 17.9 Å². The van der Waals surface area contributed by atoms with Crippen molar-refractivity contribution in [1.29, 1.82) is 0 Å². The number of nitrogens with zero attached hydrogens (tertiary/aromatic N) is 1. The topological polar surface area (TPSA) is 71.9 Å². The van der Waals surface area contributed by atoms with Gasteiger partial charge in [-0.05, 0) is 43.2 Å². The smallest absolute Gasteiger partial charge is 0.257 e. The molecule has 1 aliphatic heterocycles. The van der Waals surface area contributed by atoms with Gasteiger partial charge in [0.05, 0.1) is 24.8 Å². The summed E-state index contributed by atoms with van der Waals surface area (Å²) in [5, 5.41) is 6.41. The maximum atomic E-state index is 12.5. The van der Waals surface area contributed by atoms with Crippen LogP contribution in [0.3, 0.4) is 0 Å². The van der Waals surface area contributed by atoms with Crippen LogP contribution in [0, 0.1) is 0 Å². The second kappa shape index (κ2) is 9.39. The van der Waals surface area contributed by atoms with Crippen molar-refractivity contribution < 1.29 is 14.3 Å². The van der Waals surface area contributed by atoms with Crippen molar-refractivity contribution >= 4 is 29.2 Å². The zero-order valence-corrected chi connectivity index (χ0v) is 15.8. The summed E-state index contributed by atoms with van der Waals surface area (Å²) in [6.45, 7) is 1.23. The van der Waals surface area contributed by atoms with Gasteiger partial charge < -0.3 is 14.8 Å². The predicted octanol–water partition coefficient (Wildman–Crippen LogP) is 3.73. The van der Waals surface area contributed by atoms with Gasteiger partial charge in [0.25, 0.3) is 5.91 Å². The predicted molar refractivity (Wildman–Crippen MR) is 107 cm³/mol. The number of guanidine groups is 1. The number of hydrogen-bond donors (Lipinski definition) is 2. The maximum absolute atomic E-state index is 12.5. The normalized spacial score (nSPS) is 16.8. The number of nitrogens with one attached hydrogen (secondary N) is 2. The molecular weight excluding hydrogens is 366 g/mol. The molecule has 1 fully saturated rings. The van der Waals surface area contributed by atoms with E-state index in [1.807, 2.05) is 18.2 Å². The Labute approximate surface area is 163 Å². The van der Waals surface area contributed by atoms with Gasteiger partial charge >= 0.3 is 0 Å². The highest BCUT2D eigenvalue weighted by molar-refractivity contribution is 6.32. The molecule has 27 heavy (non-hydrogen) atoms. The highest BCUT2D eigenvalue weighted by Gasteiger charge is 2.16. The van der Waals surface area contributed by atoms with Crippen molar-refractivity contribution in [2.24, 2.45) is 4.99 Å². The lowest BCUT2D eigenvalue weighted by molar-refractivity contribution is 0.0975. The molecule has 0 bridgehead atoms. The summed E-state index contributed by atoms with van der Waals surface area (Å²) in [5.74, 6) is 0.683. The van der Waals surface area contributed by atoms with Crippen LogP contribution in [0.2, 0.25) is 5.02 Å². The number of carbonyl (C=O) groups is 1. The molecule has 2 aromatic rings. The van der Waals surface area contributed by atoms with Crippen LogP contribution in [0.4, 0.5) is 5.69 Å². The fourth-order valence-electron chi connectivity index (χ4n) is 2.74. The second-order valence-electron chi connectivity index (χ2n) is 6.12. The molecule has 1 aliphatic rings. The molecule has 2 N–H and O–H groups in total. The van der Waals surface area contributed by atoms with Crippen LogP contribution >= 0.6 is 11.6 Å². The Morgan fingerprint density at radius 1 is 1.30 bits per heavy atom. The molecule has 6 nitrogen and oxygen atoms in total. The van der Waals surface area contributed by atoms with E-state index in [9.17, 15) is 4.79 Å². The Bertz CT molecular complexity index is 805. The molecular formula is C20H22ClN3O3. The first-order chi connectivity index (χ1) is 13.2. The third kappa shape index (κ3) is 5.45. The lowest BCUT2D eigenvalue weighted by Crippen LogP contribution is -2.36. The second-order valence-corrected chi connectivity index (χ2v) is 6.53. The highest BCUT2D eigenvalue weighted by atomic mass is 35.5. The lowest BCUT2D eigenvalue weighted by atomic mass is 10.2. The molecule has 0 radical (unpaired) electrons. The first kappa shape index (κ1) is 19.2. The number of anilines is 1. The summed E-state index contributed by atoms with van der Waals surface area (Å²) in [6.07, 6.45) is 2.08. The van der Waals surface area contributed by atoms with E-state index < -0.39 is 0 Å². The third-order valence-electron chi connectivity index (χ3n) is 4.16. The number of amides is 1. The molecule has 0 aliphatic carbocycles. The first-order valence-corrected chi connectivity index (χ1v) is 9.16. The molecule has 3 rings (SSSR count). The fourth-order valence-corrected chi connectivity index (χ4v) is 3.00. The molecule has 0 unspecified atom stereocenters. The van der Waals surface area contributed by atoms with E-state index in [1.54, 1.807) is 37.4 Å². The summed E-state index contributed by atoms with van der Waals surface area (Å²) >= 11 is 6.18. The number of halogens is 1. The van der Waals surface area contributed by atoms with Crippen LogP contribution in [0.15, 0.2) is 53.5 Å². The molecule has 142 valence electrons. The number of hydrogen-bond acceptors (Lipinski definition) is 4. The number of methoxy groups -OCH3 is 1. The Kier molecular flexibility index (Phi) is 6.68. The van der Waals surface area contributed by atoms with Crippen LogP contribution in [0.5, 0.6) is 5.75 Å². The van der Waals surface area contributed by atoms with E-state index in [2.05, 4.69) is 15.6 Å². The minimum absolute atomic E-state index is 0.0786. The van der Waals surface area contributed by atoms with Gasteiger partial charge in [-0.1, -0.05) is 29.8 Å². The summed E-state index contributed by atoms with van der Waals surface area (Å²) in [6, 6.07) is 14.3. The number of benzene rings is 2. The molecule has 1 amide bonds. The highest BCUT2D eigenvalue weighted by Crippen LogP contribution is 2.27. The average molecular weight is 388 g/mol. The molecule has 0 aromatic heterocycles. The Hall–Kier alpha value is -2.57. The zero-order valence-electron chi connectivity index (χ0n) is 15.1. The Morgan fingerprint density at radius 3 is 2.78 bits per heavy atom. The van der Waals surface area contributed by atoms with Gasteiger partial charge in [-0.2, -0.15) is 0 Å². The summed E-state index contributed by atoms with van der Waals surface area (Å²) in [7, 11) is 1.56. The molecule has 7 heteroatoms. The first-order valence-electron chi connectivity index (χ1n) is 8.78. The Morgan fingerprint density at radius 2 is 2.11 bits per heavy atom. The van der Waals surface area contributed by atoms with Gasteiger partial charge in [-0.25, -0.2) is 4.99 Å². The van der Waals surface area contributed by atoms with E-state index >= 15 is 0 Å². The maximum Gasteiger partial charge on any atom is 0.257 e. The third-order valence-corrected chi connectivity index (χ3v) is 4.45. The molecule has 0 saturated carbocycles. The standard InChI is InChI=1S/C20H22ClN3O3/c1-26-18-10-9-15(12-17(18)21)23-20(22-13-16-8-5-11-27-16)24-19(25)14-6-3-2-4-7-14/h2-4,6-7,9-10,12,16H,5,8,11,13H2,1H3,(H2,22,23,24,25)/t16-/m1/s1. The van der Waals surface area contributed by atoms with Crippen molar-refractivity contribution in [2.75, 3.05) is 25.6 Å². The number of rotatable bonds is 5. The monoisotopic (exact) mass is 387 g/mol. The van der Waals surface area contributed by atoms with Crippen molar-refractivity contribution in [3.8, 4) is 5.75 Å². The molecule has 1 saturated heterocycles. The summed E-state index contributed by atoms with van der Waals surface area (Å²) < 4.78 is 10.8. The van der Waals surface area contributed by atoms with E-state index in [1.165, 1.54) is 0 Å². The molecule has 1 atom stereocenters. The van der Waals surface area contributed by atoms with Crippen LogP contribution in [-0.4, -0.2) is 38.2 Å². The Balaban J connectivity index is 1.75. The summed E-state index contributed by atoms with van der Waals surface area (Å²) in [4.78, 5) is 17.0. The van der Waals surface area contributed by atoms with Crippen LogP contribution in [0.1, 0.15) is 23.2 Å². The van der Waals surface area contributed by atoms with Crippen molar-refractivity contribution in [3.05, 3.63) is 59.1 Å². The van der Waals surface area contributed by atoms with E-state index in [0.717, 1.165) is 19.4 Å². The van der Waals surface area contributed by atoms with Crippen LogP contribution < -0.4 is 15.4 Å². The van der Waals surface area contributed by atoms with Crippen molar-refractivity contribution in [1.82, 2.24) is 5.32 Å². The SMILES string of the molecule is COc1ccc(NC(=NC[C@H]2CCCO2)NC(=O)c2ccccc2)cc1Cl. The van der Waals surface area contributed by atoms with Gasteiger partial charge in [-0.15, -0.1) is 0 Å². The largest absolute Gasteiger partial charge is 0.495 e. The molecule has 2 aromatic carbocycles. The quantitative estimate of drug-likeness (QED) is 0.605. The zero-order chi connectivity index (χ0) is 19.1. The van der Waals surface area contributed by atoms with E-state index in [-0.39, 0.29) is 12.0 Å². The average Bonchev–Trinajstić information content (AvgIpc) is 3.20. The number of ether oxygens (including phenoxy) is 2. The molecule has 0 spiro atoms. The fraction of sp³-hybridized carbons (Fsp3) is 0.300. The minimum atomic E-state index is -0.242. The lowest BCUT2D eigenvalue weighted by Gasteiger charge is -2.14. The molecule has 1 heterocycles. The van der Waals surface area contributed by atoms with E-state index in [0.29, 0.717) is 34.5 Å².